The van der Waals surface area contributed by atoms with Crippen LogP contribution in [0.15, 0.2) is 29.3 Å². The molecule has 0 fully saturated rings. The molecule has 4 rings (SSSR count). The van der Waals surface area contributed by atoms with Crippen LogP contribution in [0.25, 0.3) is 16.6 Å². The van der Waals surface area contributed by atoms with Gasteiger partial charge in [0.15, 0.2) is 12.1 Å². The van der Waals surface area contributed by atoms with Crippen molar-refractivity contribution in [2.75, 3.05) is 0 Å². The quantitative estimate of drug-likeness (QED) is 0.535. The molecule has 0 unspecified atom stereocenters. The highest BCUT2D eigenvalue weighted by atomic mass is 35.5. The fourth-order valence-corrected chi connectivity index (χ4v) is 3.25. The second-order valence-corrected chi connectivity index (χ2v) is 5.97. The Morgan fingerprint density at radius 1 is 1.22 bits per heavy atom. The van der Waals surface area contributed by atoms with Gasteiger partial charge in [0.2, 0.25) is 0 Å². The minimum absolute atomic E-state index is 0.156. The maximum atomic E-state index is 12.8. The van der Waals surface area contributed by atoms with Gasteiger partial charge in [-0.3, -0.25) is 9.59 Å². The van der Waals surface area contributed by atoms with Gasteiger partial charge in [-0.2, -0.15) is 9.78 Å². The first-order valence-corrected chi connectivity index (χ1v) is 7.79. The average molecular weight is 329 g/mol. The Bertz CT molecular complexity index is 990. The summed E-state index contributed by atoms with van der Waals surface area (Å²) in [4.78, 5) is 28.1. The van der Waals surface area contributed by atoms with E-state index >= 15 is 0 Å². The molecule has 0 saturated heterocycles. The van der Waals surface area contributed by atoms with Gasteiger partial charge < -0.3 is 4.57 Å². The normalized spacial score (nSPS) is 14.0. The summed E-state index contributed by atoms with van der Waals surface area (Å²) in [6.07, 6.45) is 7.36. The largest absolute Gasteiger partial charge is 0.350 e. The predicted molar refractivity (Wildman–Crippen MR) is 86.5 cm³/mol. The third kappa shape index (κ3) is 2.17. The molecule has 0 amide bonds. The number of aromatic nitrogens is 4. The fourth-order valence-electron chi connectivity index (χ4n) is 3.11. The smallest absolute Gasteiger partial charge is 0.282 e. The third-order valence-electron chi connectivity index (χ3n) is 4.22. The molecular weight excluding hydrogens is 316 g/mol. The molecule has 1 aliphatic heterocycles. The van der Waals surface area contributed by atoms with Crippen molar-refractivity contribution in [3.63, 3.8) is 0 Å². The highest BCUT2D eigenvalue weighted by Gasteiger charge is 2.18. The van der Waals surface area contributed by atoms with Crippen molar-refractivity contribution in [2.24, 2.45) is 0 Å². The Hall–Kier alpha value is -2.47. The van der Waals surface area contributed by atoms with Crippen molar-refractivity contribution in [1.82, 2.24) is 19.3 Å². The number of carbonyl (C=O) groups excluding carboxylic acids is 1. The van der Waals surface area contributed by atoms with Crippen LogP contribution in [0.4, 0.5) is 0 Å². The van der Waals surface area contributed by atoms with Crippen LogP contribution in [0.2, 0.25) is 5.15 Å². The van der Waals surface area contributed by atoms with E-state index in [1.54, 1.807) is 6.20 Å². The van der Waals surface area contributed by atoms with E-state index in [9.17, 15) is 9.59 Å². The number of nitrogens with zero attached hydrogens (tertiary/aromatic N) is 4. The Morgan fingerprint density at radius 3 is 2.91 bits per heavy atom. The van der Waals surface area contributed by atoms with Crippen LogP contribution < -0.4 is 5.56 Å². The summed E-state index contributed by atoms with van der Waals surface area (Å²) < 4.78 is 3.26. The molecule has 0 saturated carbocycles. The lowest BCUT2D eigenvalue weighted by Crippen LogP contribution is -2.22. The monoisotopic (exact) mass is 328 g/mol. The van der Waals surface area contributed by atoms with Crippen molar-refractivity contribution < 1.29 is 4.79 Å². The van der Waals surface area contributed by atoms with E-state index in [1.807, 2.05) is 6.20 Å². The van der Waals surface area contributed by atoms with E-state index in [2.05, 4.69) is 14.6 Å². The van der Waals surface area contributed by atoms with E-state index in [0.29, 0.717) is 11.7 Å². The number of pyridine rings is 1. The SMILES string of the molecule is O=Cc1ccc(Cl)nc1-n1ncc2c3n(cc2c1=O)CCCC3. The van der Waals surface area contributed by atoms with E-state index in [-0.39, 0.29) is 22.1 Å². The number of carbonyl (C=O) groups is 1. The molecule has 0 atom stereocenters. The summed E-state index contributed by atoms with van der Waals surface area (Å²) in [6, 6.07) is 3.04. The molecule has 116 valence electrons. The Labute approximate surface area is 136 Å². The average Bonchev–Trinajstić information content (AvgIpc) is 2.95. The van der Waals surface area contributed by atoms with Gasteiger partial charge in [0.25, 0.3) is 5.56 Å². The first-order valence-electron chi connectivity index (χ1n) is 7.41. The van der Waals surface area contributed by atoms with Gasteiger partial charge >= 0.3 is 0 Å². The van der Waals surface area contributed by atoms with Crippen LogP contribution in [0, 0.1) is 0 Å². The molecule has 4 heterocycles. The van der Waals surface area contributed by atoms with Crippen molar-refractivity contribution in [2.45, 2.75) is 25.8 Å². The van der Waals surface area contributed by atoms with E-state index < -0.39 is 0 Å². The molecule has 0 aliphatic carbocycles. The van der Waals surface area contributed by atoms with Gasteiger partial charge in [0.05, 0.1) is 17.1 Å². The van der Waals surface area contributed by atoms with E-state index in [1.165, 1.54) is 12.1 Å². The van der Waals surface area contributed by atoms with Crippen molar-refractivity contribution in [3.05, 3.63) is 51.3 Å². The van der Waals surface area contributed by atoms with Crippen molar-refractivity contribution >= 4 is 28.7 Å². The number of aryl methyl sites for hydroxylation is 2. The molecule has 6 nitrogen and oxygen atoms in total. The van der Waals surface area contributed by atoms with Crippen LogP contribution in [-0.2, 0) is 13.0 Å². The number of hydrogen-bond acceptors (Lipinski definition) is 4. The van der Waals surface area contributed by atoms with Crippen molar-refractivity contribution in [1.29, 1.82) is 0 Å². The Kier molecular flexibility index (Phi) is 3.27. The van der Waals surface area contributed by atoms with Crippen LogP contribution in [0.3, 0.4) is 0 Å². The number of halogens is 1. The highest BCUT2D eigenvalue weighted by molar-refractivity contribution is 6.29. The molecule has 0 radical (unpaired) electrons. The maximum Gasteiger partial charge on any atom is 0.282 e. The molecule has 0 aromatic carbocycles. The summed E-state index contributed by atoms with van der Waals surface area (Å²) in [5, 5.41) is 5.89. The summed E-state index contributed by atoms with van der Waals surface area (Å²) in [7, 11) is 0. The summed E-state index contributed by atoms with van der Waals surface area (Å²) in [6.45, 7) is 0.915. The summed E-state index contributed by atoms with van der Waals surface area (Å²) >= 11 is 5.90. The topological polar surface area (TPSA) is 69.8 Å². The molecule has 23 heavy (non-hydrogen) atoms. The Morgan fingerprint density at radius 2 is 2.09 bits per heavy atom. The van der Waals surface area contributed by atoms with Crippen molar-refractivity contribution in [3.8, 4) is 5.82 Å². The lowest BCUT2D eigenvalue weighted by Gasteiger charge is -2.14. The van der Waals surface area contributed by atoms with Crippen LogP contribution in [0.1, 0.15) is 28.9 Å². The number of aldehydes is 1. The Balaban J connectivity index is 1.99. The summed E-state index contributed by atoms with van der Waals surface area (Å²) in [5.74, 6) is 0.156. The fraction of sp³-hybridized carbons (Fsp3) is 0.250. The first kappa shape index (κ1) is 14.1. The zero-order valence-corrected chi connectivity index (χ0v) is 13.0. The van der Waals surface area contributed by atoms with Gasteiger partial charge in [-0.05, 0) is 31.4 Å². The number of fused-ring (bicyclic) bond motifs is 3. The molecule has 3 aromatic rings. The summed E-state index contributed by atoms with van der Waals surface area (Å²) in [5.41, 5.74) is 1.13. The molecule has 0 bridgehead atoms. The minimum Gasteiger partial charge on any atom is -0.350 e. The second kappa shape index (κ2) is 5.31. The zero-order chi connectivity index (χ0) is 16.0. The van der Waals surface area contributed by atoms with Gasteiger partial charge in [-0.1, -0.05) is 11.6 Å². The molecule has 7 heteroatoms. The minimum atomic E-state index is -0.290. The standard InChI is InChI=1S/C16H13ClN4O2/c17-14-5-4-10(9-22)15(19-14)21-16(23)12-8-20-6-2-1-3-13(20)11(12)7-18-21/h4-5,7-9H,1-3,6H2. The number of hydrogen-bond donors (Lipinski definition) is 0. The molecular formula is C16H13ClN4O2. The zero-order valence-electron chi connectivity index (χ0n) is 12.2. The van der Waals surface area contributed by atoms with Gasteiger partial charge in [-0.15, -0.1) is 0 Å². The highest BCUT2D eigenvalue weighted by Crippen LogP contribution is 2.24. The van der Waals surface area contributed by atoms with E-state index in [0.717, 1.165) is 41.6 Å². The molecule has 3 aromatic heterocycles. The molecule has 0 N–H and O–H groups in total. The lowest BCUT2D eigenvalue weighted by molar-refractivity contribution is 0.112. The number of rotatable bonds is 2. The third-order valence-corrected chi connectivity index (χ3v) is 4.43. The van der Waals surface area contributed by atoms with Crippen LogP contribution >= 0.6 is 11.6 Å². The van der Waals surface area contributed by atoms with Gasteiger partial charge in [0, 0.05) is 23.8 Å². The van der Waals surface area contributed by atoms with Gasteiger partial charge in [-0.25, -0.2) is 4.98 Å². The van der Waals surface area contributed by atoms with Crippen LogP contribution in [0.5, 0.6) is 0 Å². The van der Waals surface area contributed by atoms with Crippen LogP contribution in [-0.4, -0.2) is 25.6 Å². The second-order valence-electron chi connectivity index (χ2n) is 5.58. The molecule has 0 spiro atoms. The molecule has 1 aliphatic rings. The maximum absolute atomic E-state index is 12.8. The lowest BCUT2D eigenvalue weighted by atomic mass is 10.1. The van der Waals surface area contributed by atoms with E-state index in [4.69, 9.17) is 11.6 Å². The predicted octanol–water partition coefficient (Wildman–Crippen LogP) is 2.38. The van der Waals surface area contributed by atoms with Gasteiger partial charge in [0.1, 0.15) is 5.15 Å². The first-order chi connectivity index (χ1) is 11.2.